The highest BCUT2D eigenvalue weighted by Gasteiger charge is 2.37. The van der Waals surface area contributed by atoms with E-state index in [1.54, 1.807) is 0 Å². The van der Waals surface area contributed by atoms with Crippen LogP contribution in [0.5, 0.6) is 0 Å². The molecular formula is C49H34N4. The number of fused-ring (bicyclic) bond motifs is 3. The lowest BCUT2D eigenvalue weighted by atomic mass is 9.80. The van der Waals surface area contributed by atoms with Crippen molar-refractivity contribution in [1.82, 2.24) is 15.0 Å². The van der Waals surface area contributed by atoms with E-state index in [9.17, 15) is 5.26 Å². The number of nitrogens with zero attached hydrogens (tertiary/aromatic N) is 4. The largest absolute Gasteiger partial charge is 0.208 e. The molecule has 4 heteroatoms. The monoisotopic (exact) mass is 678 g/mol. The highest BCUT2D eigenvalue weighted by molar-refractivity contribution is 6.00. The van der Waals surface area contributed by atoms with Crippen LogP contribution in [-0.2, 0) is 5.41 Å². The average Bonchev–Trinajstić information content (AvgIpc) is 3.47. The summed E-state index contributed by atoms with van der Waals surface area (Å²) in [4.78, 5) is 14.8. The van der Waals surface area contributed by atoms with E-state index >= 15 is 0 Å². The fourth-order valence-corrected chi connectivity index (χ4v) is 7.67. The molecule has 0 N–H and O–H groups in total. The third kappa shape index (κ3) is 5.69. The van der Waals surface area contributed by atoms with Gasteiger partial charge in [0, 0.05) is 22.1 Å². The van der Waals surface area contributed by atoms with Crippen LogP contribution >= 0.6 is 0 Å². The number of nitriles is 1. The van der Waals surface area contributed by atoms with Crippen molar-refractivity contribution in [2.45, 2.75) is 19.3 Å². The van der Waals surface area contributed by atoms with E-state index in [0.717, 1.165) is 44.5 Å². The molecule has 250 valence electrons. The predicted molar refractivity (Wildman–Crippen MR) is 215 cm³/mol. The van der Waals surface area contributed by atoms with Gasteiger partial charge >= 0.3 is 0 Å². The first-order valence-corrected chi connectivity index (χ1v) is 17.8. The van der Waals surface area contributed by atoms with Crippen LogP contribution < -0.4 is 0 Å². The van der Waals surface area contributed by atoms with Gasteiger partial charge in [-0.15, -0.1) is 0 Å². The minimum absolute atomic E-state index is 0.133. The minimum atomic E-state index is -0.133. The van der Waals surface area contributed by atoms with Crippen molar-refractivity contribution < 1.29 is 0 Å². The lowest BCUT2D eigenvalue weighted by Crippen LogP contribution is -2.14. The maximum atomic E-state index is 9.49. The van der Waals surface area contributed by atoms with Crippen LogP contribution in [0.25, 0.3) is 78.7 Å². The molecule has 0 amide bonds. The van der Waals surface area contributed by atoms with Crippen molar-refractivity contribution in [2.24, 2.45) is 0 Å². The Morgan fingerprint density at radius 3 is 1.53 bits per heavy atom. The van der Waals surface area contributed by atoms with E-state index < -0.39 is 0 Å². The molecule has 0 saturated carbocycles. The molecule has 0 radical (unpaired) electrons. The molecule has 0 unspecified atom stereocenters. The topological polar surface area (TPSA) is 62.5 Å². The number of hydrogen-bond donors (Lipinski definition) is 0. The number of rotatable bonds is 6. The van der Waals surface area contributed by atoms with Gasteiger partial charge in [-0.3, -0.25) is 0 Å². The van der Waals surface area contributed by atoms with Gasteiger partial charge < -0.3 is 0 Å². The smallest absolute Gasteiger partial charge is 0.164 e. The second kappa shape index (κ2) is 13.0. The van der Waals surface area contributed by atoms with Gasteiger partial charge in [0.05, 0.1) is 11.6 Å². The highest BCUT2D eigenvalue weighted by atomic mass is 15.0. The molecule has 9 rings (SSSR count). The van der Waals surface area contributed by atoms with E-state index in [1.807, 2.05) is 78.9 Å². The van der Waals surface area contributed by atoms with Crippen LogP contribution in [0.2, 0.25) is 0 Å². The molecule has 1 aromatic heterocycles. The van der Waals surface area contributed by atoms with Crippen molar-refractivity contribution >= 4 is 0 Å². The summed E-state index contributed by atoms with van der Waals surface area (Å²) in [6.45, 7) is 4.65. The van der Waals surface area contributed by atoms with Crippen LogP contribution in [0.4, 0.5) is 0 Å². The van der Waals surface area contributed by atoms with Gasteiger partial charge in [-0.25, -0.2) is 15.0 Å². The zero-order valence-corrected chi connectivity index (χ0v) is 29.5. The van der Waals surface area contributed by atoms with Gasteiger partial charge in [-0.1, -0.05) is 172 Å². The third-order valence-corrected chi connectivity index (χ3v) is 10.4. The van der Waals surface area contributed by atoms with Crippen LogP contribution in [-0.4, -0.2) is 15.0 Å². The molecule has 8 aromatic rings. The zero-order chi connectivity index (χ0) is 35.9. The first-order chi connectivity index (χ1) is 26.0. The maximum Gasteiger partial charge on any atom is 0.164 e. The van der Waals surface area contributed by atoms with E-state index in [0.29, 0.717) is 23.0 Å². The summed E-state index contributed by atoms with van der Waals surface area (Å²) >= 11 is 0. The number of benzene rings is 7. The maximum absolute atomic E-state index is 9.49. The molecule has 0 aliphatic heterocycles. The molecule has 0 fully saturated rings. The summed E-state index contributed by atoms with van der Waals surface area (Å²) < 4.78 is 0. The summed E-state index contributed by atoms with van der Waals surface area (Å²) in [7, 11) is 0. The quantitative estimate of drug-likeness (QED) is 0.176. The van der Waals surface area contributed by atoms with Crippen molar-refractivity contribution in [3.05, 3.63) is 187 Å². The zero-order valence-electron chi connectivity index (χ0n) is 29.5. The fraction of sp³-hybridized carbons (Fsp3) is 0.0612. The first-order valence-electron chi connectivity index (χ1n) is 17.8. The Hall–Kier alpha value is -6.96. The molecule has 0 atom stereocenters. The Balaban J connectivity index is 1.18. The molecule has 0 saturated heterocycles. The third-order valence-electron chi connectivity index (χ3n) is 10.4. The summed E-state index contributed by atoms with van der Waals surface area (Å²) in [5, 5.41) is 9.49. The van der Waals surface area contributed by atoms with Crippen LogP contribution in [0.15, 0.2) is 170 Å². The van der Waals surface area contributed by atoms with Gasteiger partial charge in [0.15, 0.2) is 17.5 Å². The molecular weight excluding hydrogens is 645 g/mol. The first kappa shape index (κ1) is 32.0. The molecule has 1 aliphatic rings. The average molecular weight is 679 g/mol. The Morgan fingerprint density at radius 1 is 0.396 bits per heavy atom. The molecule has 0 spiro atoms. The Bertz CT molecular complexity index is 2610. The summed E-state index contributed by atoms with van der Waals surface area (Å²) in [6, 6.07) is 61.0. The normalized spacial score (nSPS) is 12.5. The highest BCUT2D eigenvalue weighted by Crippen LogP contribution is 2.54. The SMILES string of the molecule is CC1(C)c2ccccc2-c2c1ccc(-c1ccc(-c3nc(-c4ccccc4)nc(-c4ccccc4)n3)cc1)c2-c1ccc(-c2cccc(C#N)c2)cc1. The van der Waals surface area contributed by atoms with Crippen molar-refractivity contribution in [3.63, 3.8) is 0 Å². The van der Waals surface area contributed by atoms with Crippen molar-refractivity contribution in [1.29, 1.82) is 5.26 Å². The van der Waals surface area contributed by atoms with E-state index in [2.05, 4.69) is 111 Å². The van der Waals surface area contributed by atoms with Crippen LogP contribution in [0.1, 0.15) is 30.5 Å². The standard InChI is InChI=1S/C49H34N4/c1-49(2)42-19-10-9-18-41(42)45-43(49)29-28-40(44(45)35-24-20-33(21-25-35)39-17-11-12-32(30-39)31-50)34-22-26-38(27-23-34)48-52-46(36-13-5-3-6-14-36)51-47(53-48)37-15-7-4-8-16-37/h3-30H,1-2H3. The lowest BCUT2D eigenvalue weighted by Gasteiger charge is -2.23. The molecule has 4 nitrogen and oxygen atoms in total. The molecule has 53 heavy (non-hydrogen) atoms. The summed E-state index contributed by atoms with van der Waals surface area (Å²) in [5.41, 5.74) is 15.3. The lowest BCUT2D eigenvalue weighted by molar-refractivity contribution is 0.660. The van der Waals surface area contributed by atoms with Crippen molar-refractivity contribution in [3.8, 4) is 84.7 Å². The van der Waals surface area contributed by atoms with E-state index in [1.165, 1.54) is 27.8 Å². The van der Waals surface area contributed by atoms with Gasteiger partial charge in [0.2, 0.25) is 0 Å². The number of aromatic nitrogens is 3. The Labute approximate surface area is 309 Å². The van der Waals surface area contributed by atoms with E-state index in [-0.39, 0.29) is 5.41 Å². The number of hydrogen-bond acceptors (Lipinski definition) is 4. The summed E-state index contributed by atoms with van der Waals surface area (Å²) in [6.07, 6.45) is 0. The molecule has 0 bridgehead atoms. The second-order valence-corrected chi connectivity index (χ2v) is 14.0. The second-order valence-electron chi connectivity index (χ2n) is 14.0. The summed E-state index contributed by atoms with van der Waals surface area (Å²) in [5.74, 6) is 1.91. The molecule has 1 heterocycles. The van der Waals surface area contributed by atoms with E-state index in [4.69, 9.17) is 15.0 Å². The van der Waals surface area contributed by atoms with Crippen molar-refractivity contribution in [2.75, 3.05) is 0 Å². The van der Waals surface area contributed by atoms with Gasteiger partial charge in [-0.05, 0) is 67.8 Å². The van der Waals surface area contributed by atoms with Crippen LogP contribution in [0.3, 0.4) is 0 Å². The Kier molecular flexibility index (Phi) is 7.83. The Morgan fingerprint density at radius 2 is 0.906 bits per heavy atom. The van der Waals surface area contributed by atoms with Gasteiger partial charge in [0.1, 0.15) is 0 Å². The predicted octanol–water partition coefficient (Wildman–Crippen LogP) is 12.1. The van der Waals surface area contributed by atoms with Gasteiger partial charge in [0.25, 0.3) is 0 Å². The molecule has 7 aromatic carbocycles. The van der Waals surface area contributed by atoms with Gasteiger partial charge in [-0.2, -0.15) is 5.26 Å². The van der Waals surface area contributed by atoms with Crippen LogP contribution in [0, 0.1) is 11.3 Å². The fourth-order valence-electron chi connectivity index (χ4n) is 7.67. The molecule has 1 aliphatic carbocycles. The minimum Gasteiger partial charge on any atom is -0.208 e.